The maximum atomic E-state index is 11.1. The molecule has 0 bridgehead atoms. The monoisotopic (exact) mass is 263 g/mol. The van der Waals surface area contributed by atoms with Crippen molar-refractivity contribution >= 4 is 18.3 Å². The minimum Gasteiger partial charge on any atom is -0.480 e. The molecule has 0 radical (unpaired) electrons. The third-order valence-electron chi connectivity index (χ3n) is 1.91. The third-order valence-corrected chi connectivity index (χ3v) is 1.91. The summed E-state index contributed by atoms with van der Waals surface area (Å²) in [5, 5.41) is 17.9. The topological polar surface area (TPSA) is 113 Å². The molecule has 0 aliphatic carbocycles. The molecule has 18 heavy (non-hydrogen) atoms. The zero-order valence-electron chi connectivity index (χ0n) is 10.2. The molecular formula is C10H17NO7. The van der Waals surface area contributed by atoms with E-state index in [0.29, 0.717) is 5.06 Å². The lowest BCUT2D eigenvalue weighted by molar-refractivity contribution is -0.204. The van der Waals surface area contributed by atoms with Crippen LogP contribution in [0.25, 0.3) is 0 Å². The Hall–Kier alpha value is -1.67. The van der Waals surface area contributed by atoms with E-state index < -0.39 is 24.6 Å². The second kappa shape index (κ2) is 8.43. The van der Waals surface area contributed by atoms with Gasteiger partial charge in [-0.1, -0.05) is 13.8 Å². The number of aliphatic hydroxyl groups is 1. The largest absolute Gasteiger partial charge is 0.480 e. The van der Waals surface area contributed by atoms with Crippen molar-refractivity contribution in [1.82, 2.24) is 5.06 Å². The molecule has 0 saturated carbocycles. The molecular weight excluding hydrogens is 246 g/mol. The number of amides is 1. The molecule has 0 unspecified atom stereocenters. The molecule has 0 aliphatic heterocycles. The number of rotatable bonds is 9. The molecule has 0 saturated heterocycles. The highest BCUT2D eigenvalue weighted by atomic mass is 16.7. The van der Waals surface area contributed by atoms with Crippen molar-refractivity contribution in [3.8, 4) is 0 Å². The number of ether oxygens (including phenoxy) is 1. The summed E-state index contributed by atoms with van der Waals surface area (Å²) in [4.78, 5) is 37.0. The van der Waals surface area contributed by atoms with Gasteiger partial charge >= 0.3 is 11.9 Å². The molecule has 0 aromatic rings. The molecule has 0 rings (SSSR count). The minimum atomic E-state index is -1.48. The molecule has 2 N–H and O–H groups in total. The number of carboxylic acid groups (broad SMARTS) is 1. The summed E-state index contributed by atoms with van der Waals surface area (Å²) in [6.45, 7) is 2.25. The number of carboxylic acids is 1. The number of aliphatic carboxylic acids is 1. The SMILES string of the molecule is CC(C)C(=O)OCCON(C=O)[C@H](CO)C(=O)O. The van der Waals surface area contributed by atoms with Crippen molar-refractivity contribution < 1.29 is 34.2 Å². The van der Waals surface area contributed by atoms with Gasteiger partial charge in [0.1, 0.15) is 13.2 Å². The van der Waals surface area contributed by atoms with E-state index in [1.165, 1.54) is 0 Å². The van der Waals surface area contributed by atoms with Gasteiger partial charge in [-0.15, -0.1) is 0 Å². The van der Waals surface area contributed by atoms with Gasteiger partial charge in [-0.2, -0.15) is 0 Å². The molecule has 0 spiro atoms. The summed E-state index contributed by atoms with van der Waals surface area (Å²) >= 11 is 0. The van der Waals surface area contributed by atoms with Crippen LogP contribution in [0, 0.1) is 5.92 Å². The number of hydrogen-bond acceptors (Lipinski definition) is 6. The van der Waals surface area contributed by atoms with Crippen LogP contribution in [0.4, 0.5) is 0 Å². The van der Waals surface area contributed by atoms with Crippen LogP contribution in [0.5, 0.6) is 0 Å². The van der Waals surface area contributed by atoms with Crippen molar-refractivity contribution in [2.24, 2.45) is 5.92 Å². The highest BCUT2D eigenvalue weighted by Gasteiger charge is 2.24. The Kier molecular flexibility index (Phi) is 7.64. The Bertz CT molecular complexity index is 292. The van der Waals surface area contributed by atoms with E-state index in [-0.39, 0.29) is 25.5 Å². The van der Waals surface area contributed by atoms with Crippen LogP contribution in [-0.2, 0) is 24.0 Å². The lowest BCUT2D eigenvalue weighted by atomic mass is 10.2. The Balaban J connectivity index is 4.05. The molecule has 0 aliphatic rings. The van der Waals surface area contributed by atoms with Gasteiger partial charge < -0.3 is 14.9 Å². The normalized spacial score (nSPS) is 12.0. The molecule has 0 aromatic heterocycles. The average molecular weight is 263 g/mol. The van der Waals surface area contributed by atoms with Crippen LogP contribution in [0.1, 0.15) is 13.8 Å². The van der Waals surface area contributed by atoms with E-state index in [1.54, 1.807) is 13.8 Å². The van der Waals surface area contributed by atoms with Crippen molar-refractivity contribution in [1.29, 1.82) is 0 Å². The van der Waals surface area contributed by atoms with Gasteiger partial charge in [-0.25, -0.2) is 9.86 Å². The summed E-state index contributed by atoms with van der Waals surface area (Å²) in [5.74, 6) is -2.10. The fraction of sp³-hybridized carbons (Fsp3) is 0.700. The smallest absolute Gasteiger partial charge is 0.331 e. The van der Waals surface area contributed by atoms with Crippen molar-refractivity contribution in [2.75, 3.05) is 19.8 Å². The molecule has 0 fully saturated rings. The first-order valence-electron chi connectivity index (χ1n) is 5.30. The maximum Gasteiger partial charge on any atom is 0.331 e. The highest BCUT2D eigenvalue weighted by molar-refractivity contribution is 5.75. The van der Waals surface area contributed by atoms with Gasteiger partial charge in [0.25, 0.3) is 0 Å². The van der Waals surface area contributed by atoms with E-state index in [4.69, 9.17) is 19.8 Å². The molecule has 8 nitrogen and oxygen atoms in total. The van der Waals surface area contributed by atoms with Gasteiger partial charge in [0.05, 0.1) is 12.5 Å². The maximum absolute atomic E-state index is 11.1. The van der Waals surface area contributed by atoms with Gasteiger partial charge in [0.15, 0.2) is 6.04 Å². The average Bonchev–Trinajstić information content (AvgIpc) is 2.31. The van der Waals surface area contributed by atoms with Gasteiger partial charge in [0, 0.05) is 0 Å². The predicted octanol–water partition coefficient (Wildman–Crippen LogP) is -0.979. The summed E-state index contributed by atoms with van der Waals surface area (Å²) in [5.41, 5.74) is 0. The first kappa shape index (κ1) is 16.3. The first-order valence-corrected chi connectivity index (χ1v) is 5.30. The molecule has 1 atom stereocenters. The molecule has 8 heteroatoms. The summed E-state index contributed by atoms with van der Waals surface area (Å²) in [6.07, 6.45) is 0.138. The van der Waals surface area contributed by atoms with Crippen molar-refractivity contribution in [3.05, 3.63) is 0 Å². The lowest BCUT2D eigenvalue weighted by Gasteiger charge is -2.22. The van der Waals surface area contributed by atoms with E-state index in [2.05, 4.69) is 0 Å². The number of hydroxylamine groups is 2. The van der Waals surface area contributed by atoms with Crippen LogP contribution in [0.2, 0.25) is 0 Å². The minimum absolute atomic E-state index is 0.112. The first-order chi connectivity index (χ1) is 8.43. The Morgan fingerprint density at radius 3 is 2.33 bits per heavy atom. The second-order valence-electron chi connectivity index (χ2n) is 3.66. The number of carbonyl (C=O) groups excluding carboxylic acids is 2. The standard InChI is InChI=1S/C10H17NO7/c1-7(2)10(16)17-3-4-18-11(6-13)8(5-12)9(14)15/h6-8,12H,3-5H2,1-2H3,(H,14,15)/t8-/m1/s1. The quantitative estimate of drug-likeness (QED) is 0.238. The van der Waals surface area contributed by atoms with E-state index in [0.717, 1.165) is 0 Å². The summed E-state index contributed by atoms with van der Waals surface area (Å²) in [6, 6.07) is -1.48. The van der Waals surface area contributed by atoms with E-state index >= 15 is 0 Å². The molecule has 0 heterocycles. The van der Waals surface area contributed by atoms with Gasteiger partial charge in [0.2, 0.25) is 6.41 Å². The Labute approximate surface area is 104 Å². The summed E-state index contributed by atoms with van der Waals surface area (Å²) in [7, 11) is 0. The van der Waals surface area contributed by atoms with Gasteiger partial charge in [-0.3, -0.25) is 14.4 Å². The highest BCUT2D eigenvalue weighted by Crippen LogP contribution is 1.99. The zero-order valence-corrected chi connectivity index (χ0v) is 10.2. The molecule has 104 valence electrons. The third kappa shape index (κ3) is 5.60. The van der Waals surface area contributed by atoms with Crippen LogP contribution < -0.4 is 0 Å². The van der Waals surface area contributed by atoms with Crippen LogP contribution in [0.3, 0.4) is 0 Å². The molecule has 1 amide bonds. The fourth-order valence-corrected chi connectivity index (χ4v) is 0.913. The molecule has 0 aromatic carbocycles. The zero-order chi connectivity index (χ0) is 14.1. The predicted molar refractivity (Wildman–Crippen MR) is 58.2 cm³/mol. The Morgan fingerprint density at radius 1 is 1.33 bits per heavy atom. The number of nitrogens with zero attached hydrogens (tertiary/aromatic N) is 1. The van der Waals surface area contributed by atoms with Gasteiger partial charge in [-0.05, 0) is 0 Å². The second-order valence-corrected chi connectivity index (χ2v) is 3.66. The van der Waals surface area contributed by atoms with E-state index in [9.17, 15) is 14.4 Å². The van der Waals surface area contributed by atoms with Crippen molar-refractivity contribution in [3.63, 3.8) is 0 Å². The number of esters is 1. The number of carbonyl (C=O) groups is 3. The summed E-state index contributed by atoms with van der Waals surface area (Å²) < 4.78 is 4.76. The fourth-order valence-electron chi connectivity index (χ4n) is 0.913. The van der Waals surface area contributed by atoms with Crippen LogP contribution in [-0.4, -0.2) is 59.5 Å². The van der Waals surface area contributed by atoms with E-state index in [1.807, 2.05) is 0 Å². The lowest BCUT2D eigenvalue weighted by Crippen LogP contribution is -2.43. The Morgan fingerprint density at radius 2 is 1.94 bits per heavy atom. The number of hydrogen-bond donors (Lipinski definition) is 2. The van der Waals surface area contributed by atoms with Crippen molar-refractivity contribution in [2.45, 2.75) is 19.9 Å². The number of aliphatic hydroxyl groups excluding tert-OH is 1. The van der Waals surface area contributed by atoms with Crippen LogP contribution in [0.15, 0.2) is 0 Å². The van der Waals surface area contributed by atoms with Crippen LogP contribution >= 0.6 is 0 Å².